The fraction of sp³-hybridized carbons (Fsp3) is 0.909. The van der Waals surface area contributed by atoms with Crippen molar-refractivity contribution in [1.82, 2.24) is 20.2 Å². The molecule has 2 heterocycles. The van der Waals surface area contributed by atoms with E-state index < -0.39 is 0 Å². The molecular formula is C11H22N5S+. The molecule has 1 aromatic rings. The first-order valence-electron chi connectivity index (χ1n) is 6.32. The van der Waals surface area contributed by atoms with Crippen LogP contribution >= 0.6 is 11.8 Å². The van der Waals surface area contributed by atoms with Gasteiger partial charge >= 0.3 is 0 Å². The summed E-state index contributed by atoms with van der Waals surface area (Å²) in [5.41, 5.74) is 0.0167. The Kier molecular flexibility index (Phi) is 4.04. The summed E-state index contributed by atoms with van der Waals surface area (Å²) >= 11 is 2.05. The van der Waals surface area contributed by atoms with Gasteiger partial charge in [0.25, 0.3) is 0 Å². The van der Waals surface area contributed by atoms with Crippen LogP contribution < -0.4 is 4.90 Å². The van der Waals surface area contributed by atoms with Crippen molar-refractivity contribution in [2.24, 2.45) is 0 Å². The molecule has 0 bridgehead atoms. The van der Waals surface area contributed by atoms with Gasteiger partial charge in [0, 0.05) is 11.5 Å². The van der Waals surface area contributed by atoms with Gasteiger partial charge in [0.05, 0.1) is 18.6 Å². The molecule has 0 aromatic carbocycles. The lowest BCUT2D eigenvalue weighted by atomic mass is 10.0. The van der Waals surface area contributed by atoms with Crippen LogP contribution in [0.2, 0.25) is 0 Å². The molecule has 96 valence electrons. The fourth-order valence-electron chi connectivity index (χ4n) is 2.00. The van der Waals surface area contributed by atoms with Crippen LogP contribution in [0.1, 0.15) is 33.0 Å². The highest BCUT2D eigenvalue weighted by Gasteiger charge is 2.26. The highest BCUT2D eigenvalue weighted by molar-refractivity contribution is 7.99. The van der Waals surface area contributed by atoms with Crippen LogP contribution in [0.25, 0.3) is 0 Å². The Labute approximate surface area is 107 Å². The molecule has 1 aliphatic heterocycles. The van der Waals surface area contributed by atoms with Crippen molar-refractivity contribution < 1.29 is 4.90 Å². The molecular weight excluding hydrogens is 234 g/mol. The number of hydrogen-bond donors (Lipinski definition) is 1. The van der Waals surface area contributed by atoms with Gasteiger partial charge < -0.3 is 4.90 Å². The molecule has 0 spiro atoms. The van der Waals surface area contributed by atoms with E-state index in [0.717, 1.165) is 18.8 Å². The van der Waals surface area contributed by atoms with Crippen LogP contribution in [0.4, 0.5) is 0 Å². The summed E-state index contributed by atoms with van der Waals surface area (Å²) in [6, 6.07) is 0. The predicted octanol–water partition coefficient (Wildman–Crippen LogP) is -0.0501. The first-order chi connectivity index (χ1) is 8.13. The Balaban J connectivity index is 2.08. The molecule has 1 saturated heterocycles. The van der Waals surface area contributed by atoms with E-state index in [1.165, 1.54) is 24.6 Å². The zero-order chi connectivity index (χ0) is 12.3. The van der Waals surface area contributed by atoms with E-state index in [4.69, 9.17) is 0 Å². The van der Waals surface area contributed by atoms with Gasteiger partial charge in [-0.1, -0.05) is 6.92 Å². The van der Waals surface area contributed by atoms with E-state index in [9.17, 15) is 0 Å². The molecule has 0 radical (unpaired) electrons. The molecule has 2 rings (SSSR count). The summed E-state index contributed by atoms with van der Waals surface area (Å²) in [7, 11) is 0. The number of rotatable bonds is 4. The van der Waals surface area contributed by atoms with E-state index in [2.05, 4.69) is 36.3 Å². The van der Waals surface area contributed by atoms with Crippen molar-refractivity contribution in [3.63, 3.8) is 0 Å². The molecule has 1 aromatic heterocycles. The predicted molar refractivity (Wildman–Crippen MR) is 69.2 cm³/mol. The SMILES string of the molecule is CCC(C)(C)n1nnnc1C[NH+]1CCSCC1. The van der Waals surface area contributed by atoms with Gasteiger partial charge in [-0.2, -0.15) is 11.8 Å². The van der Waals surface area contributed by atoms with Crippen LogP contribution in [0, 0.1) is 0 Å². The van der Waals surface area contributed by atoms with Crippen molar-refractivity contribution in [3.05, 3.63) is 5.82 Å². The Hall–Kier alpha value is -0.620. The number of tetrazole rings is 1. The number of quaternary nitrogens is 1. The third-order valence-electron chi connectivity index (χ3n) is 3.58. The lowest BCUT2D eigenvalue weighted by Gasteiger charge is -2.26. The zero-order valence-electron chi connectivity index (χ0n) is 10.9. The summed E-state index contributed by atoms with van der Waals surface area (Å²) < 4.78 is 2.00. The van der Waals surface area contributed by atoms with Crippen LogP contribution in [-0.2, 0) is 12.1 Å². The normalized spacial score (nSPS) is 18.5. The van der Waals surface area contributed by atoms with Gasteiger partial charge in [0.1, 0.15) is 6.54 Å². The summed E-state index contributed by atoms with van der Waals surface area (Å²) in [6.45, 7) is 9.96. The lowest BCUT2D eigenvalue weighted by Crippen LogP contribution is -3.12. The summed E-state index contributed by atoms with van der Waals surface area (Å²) in [5.74, 6) is 3.54. The molecule has 5 nitrogen and oxygen atoms in total. The summed E-state index contributed by atoms with van der Waals surface area (Å²) in [6.07, 6.45) is 1.04. The van der Waals surface area contributed by atoms with Gasteiger partial charge in [0.2, 0.25) is 5.82 Å². The maximum absolute atomic E-state index is 4.20. The summed E-state index contributed by atoms with van der Waals surface area (Å²) in [4.78, 5) is 1.60. The molecule has 0 unspecified atom stereocenters. The van der Waals surface area contributed by atoms with Crippen LogP contribution in [0.3, 0.4) is 0 Å². The largest absolute Gasteiger partial charge is 0.327 e. The van der Waals surface area contributed by atoms with Gasteiger partial charge in [-0.25, -0.2) is 4.68 Å². The van der Waals surface area contributed by atoms with Gasteiger partial charge in [-0.15, -0.1) is 5.10 Å². The van der Waals surface area contributed by atoms with Gasteiger partial charge in [0.15, 0.2) is 0 Å². The molecule has 1 aliphatic rings. The van der Waals surface area contributed by atoms with Crippen molar-refractivity contribution in [2.75, 3.05) is 24.6 Å². The zero-order valence-corrected chi connectivity index (χ0v) is 11.8. The number of nitrogens with zero attached hydrogens (tertiary/aromatic N) is 4. The average Bonchev–Trinajstić information content (AvgIpc) is 2.79. The molecule has 0 aliphatic carbocycles. The Morgan fingerprint density at radius 1 is 1.35 bits per heavy atom. The summed E-state index contributed by atoms with van der Waals surface area (Å²) in [5, 5.41) is 12.2. The van der Waals surface area contributed by atoms with Crippen molar-refractivity contribution in [2.45, 2.75) is 39.3 Å². The maximum Gasteiger partial charge on any atom is 0.206 e. The Morgan fingerprint density at radius 3 is 2.71 bits per heavy atom. The highest BCUT2D eigenvalue weighted by atomic mass is 32.2. The van der Waals surface area contributed by atoms with E-state index >= 15 is 0 Å². The van der Waals surface area contributed by atoms with Crippen molar-refractivity contribution in [3.8, 4) is 0 Å². The monoisotopic (exact) mass is 256 g/mol. The highest BCUT2D eigenvalue weighted by Crippen LogP contribution is 2.18. The lowest BCUT2D eigenvalue weighted by molar-refractivity contribution is -0.910. The first kappa shape index (κ1) is 12.8. The quantitative estimate of drug-likeness (QED) is 0.820. The number of thioether (sulfide) groups is 1. The van der Waals surface area contributed by atoms with Crippen LogP contribution in [0.15, 0.2) is 0 Å². The molecule has 17 heavy (non-hydrogen) atoms. The van der Waals surface area contributed by atoms with E-state index in [-0.39, 0.29) is 5.54 Å². The molecule has 1 N–H and O–H groups in total. The number of hydrogen-bond acceptors (Lipinski definition) is 4. The third-order valence-corrected chi connectivity index (χ3v) is 4.57. The number of aromatic nitrogens is 4. The smallest absolute Gasteiger partial charge is 0.206 e. The topological polar surface area (TPSA) is 48.0 Å². The van der Waals surface area contributed by atoms with E-state index in [1.54, 1.807) is 4.90 Å². The molecule has 6 heteroatoms. The Bertz CT molecular complexity index is 356. The third kappa shape index (κ3) is 2.98. The van der Waals surface area contributed by atoms with Crippen LogP contribution in [-0.4, -0.2) is 44.8 Å². The second-order valence-corrected chi connectivity index (χ2v) is 6.44. The molecule has 0 atom stereocenters. The van der Waals surface area contributed by atoms with Gasteiger partial charge in [-0.3, -0.25) is 0 Å². The van der Waals surface area contributed by atoms with E-state index in [1.807, 2.05) is 16.4 Å². The average molecular weight is 256 g/mol. The van der Waals surface area contributed by atoms with E-state index in [0.29, 0.717) is 0 Å². The second kappa shape index (κ2) is 5.35. The van der Waals surface area contributed by atoms with Crippen molar-refractivity contribution in [1.29, 1.82) is 0 Å². The van der Waals surface area contributed by atoms with Crippen LogP contribution in [0.5, 0.6) is 0 Å². The molecule has 0 saturated carbocycles. The first-order valence-corrected chi connectivity index (χ1v) is 7.48. The number of nitrogens with one attached hydrogen (secondary N) is 1. The minimum absolute atomic E-state index is 0.0167. The van der Waals surface area contributed by atoms with Crippen molar-refractivity contribution >= 4 is 11.8 Å². The maximum atomic E-state index is 4.20. The fourth-order valence-corrected chi connectivity index (χ4v) is 3.07. The second-order valence-electron chi connectivity index (χ2n) is 5.21. The minimum atomic E-state index is 0.0167. The standard InChI is InChI=1S/C11H21N5S/c1-4-11(2,3)16-10(12-13-14-16)9-15-5-7-17-8-6-15/h4-9H2,1-3H3/p+1. The molecule has 1 fully saturated rings. The molecule has 0 amide bonds. The Morgan fingerprint density at radius 2 is 2.06 bits per heavy atom. The minimum Gasteiger partial charge on any atom is -0.327 e. The van der Waals surface area contributed by atoms with Gasteiger partial charge in [-0.05, 0) is 30.7 Å².